The van der Waals surface area contributed by atoms with Gasteiger partial charge in [0.2, 0.25) is 0 Å². The zero-order valence-corrected chi connectivity index (χ0v) is 16.7. The van der Waals surface area contributed by atoms with E-state index in [9.17, 15) is 29.2 Å². The molecule has 0 saturated carbocycles. The molecule has 0 radical (unpaired) electrons. The van der Waals surface area contributed by atoms with Gasteiger partial charge < -0.3 is 14.1 Å². The lowest BCUT2D eigenvalue weighted by atomic mass is 10.1. The summed E-state index contributed by atoms with van der Waals surface area (Å²) in [7, 11) is 0. The van der Waals surface area contributed by atoms with Crippen LogP contribution >= 0.6 is 0 Å². The number of nitro groups is 1. The number of rotatable bonds is 6. The van der Waals surface area contributed by atoms with E-state index in [2.05, 4.69) is 4.99 Å². The largest absolute Gasteiger partial charge is 0.477 e. The molecule has 0 saturated heterocycles. The van der Waals surface area contributed by atoms with E-state index < -0.39 is 33.6 Å². The highest BCUT2D eigenvalue weighted by Gasteiger charge is 2.15. The van der Waals surface area contributed by atoms with Crippen LogP contribution in [-0.4, -0.2) is 26.8 Å². The lowest BCUT2D eigenvalue weighted by molar-refractivity contribution is -0.402. The van der Waals surface area contributed by atoms with Crippen molar-refractivity contribution in [1.29, 1.82) is 0 Å². The summed E-state index contributed by atoms with van der Waals surface area (Å²) in [5.41, 5.74) is 0.870. The van der Waals surface area contributed by atoms with E-state index in [4.69, 9.17) is 4.42 Å². The minimum absolute atomic E-state index is 0.209. The normalized spacial score (nSPS) is 11.1. The van der Waals surface area contributed by atoms with Crippen molar-refractivity contribution in [1.82, 2.24) is 4.57 Å². The van der Waals surface area contributed by atoms with Gasteiger partial charge in [-0.25, -0.2) is 9.18 Å². The third kappa shape index (κ3) is 4.59. The number of carboxylic acids is 1. The maximum absolute atomic E-state index is 13.4. The van der Waals surface area contributed by atoms with Gasteiger partial charge in [0.25, 0.3) is 0 Å². The summed E-state index contributed by atoms with van der Waals surface area (Å²) >= 11 is 0. The number of furan rings is 1. The van der Waals surface area contributed by atoms with Crippen LogP contribution in [0.25, 0.3) is 16.9 Å². The molecule has 0 spiro atoms. The van der Waals surface area contributed by atoms with Crippen LogP contribution in [0.15, 0.2) is 87.1 Å². The molecule has 33 heavy (non-hydrogen) atoms. The Labute approximate surface area is 184 Å². The van der Waals surface area contributed by atoms with Crippen molar-refractivity contribution >= 4 is 23.8 Å². The highest BCUT2D eigenvalue weighted by atomic mass is 19.1. The van der Waals surface area contributed by atoms with E-state index in [1.807, 2.05) is 0 Å². The molecule has 10 heteroatoms. The number of carbonyl (C=O) groups is 1. The Morgan fingerprint density at radius 2 is 1.79 bits per heavy atom. The summed E-state index contributed by atoms with van der Waals surface area (Å²) in [6.07, 6.45) is 2.53. The van der Waals surface area contributed by atoms with Gasteiger partial charge in [-0.3, -0.25) is 19.9 Å². The van der Waals surface area contributed by atoms with Crippen LogP contribution in [0.4, 0.5) is 16.0 Å². The number of aromatic carboxylic acids is 1. The molecule has 4 rings (SSSR count). The molecule has 0 bridgehead atoms. The second-order valence-corrected chi connectivity index (χ2v) is 6.83. The van der Waals surface area contributed by atoms with Gasteiger partial charge in [0.05, 0.1) is 23.7 Å². The molecule has 0 aliphatic carbocycles. The van der Waals surface area contributed by atoms with Crippen molar-refractivity contribution in [2.24, 2.45) is 4.99 Å². The van der Waals surface area contributed by atoms with Crippen molar-refractivity contribution in [3.8, 4) is 16.9 Å². The molecular weight excluding hydrogens is 433 g/mol. The van der Waals surface area contributed by atoms with E-state index in [1.54, 1.807) is 24.3 Å². The summed E-state index contributed by atoms with van der Waals surface area (Å²) in [6.45, 7) is 0. The Kier molecular flexibility index (Phi) is 5.64. The predicted octanol–water partition coefficient (Wildman–Crippen LogP) is 4.59. The van der Waals surface area contributed by atoms with E-state index in [1.165, 1.54) is 59.4 Å². The first kappa shape index (κ1) is 21.4. The van der Waals surface area contributed by atoms with Gasteiger partial charge in [0.15, 0.2) is 11.2 Å². The van der Waals surface area contributed by atoms with Crippen molar-refractivity contribution in [3.05, 3.63) is 110 Å². The topological polar surface area (TPSA) is 128 Å². The predicted molar refractivity (Wildman–Crippen MR) is 117 cm³/mol. The lowest BCUT2D eigenvalue weighted by Gasteiger charge is -2.15. The third-order valence-corrected chi connectivity index (χ3v) is 4.68. The van der Waals surface area contributed by atoms with Gasteiger partial charge in [-0.15, -0.1) is 0 Å². The Balaban J connectivity index is 1.70. The monoisotopic (exact) mass is 447 g/mol. The fourth-order valence-corrected chi connectivity index (χ4v) is 3.10. The number of halogens is 1. The standard InChI is InChI=1S/C23H14FN3O6/c24-15-3-7-17(8-4-15)26-13-19(23(29)30)21(28)11-20(26)14-1-5-16(6-2-14)25-12-18-9-10-22(33-18)27(31)32/h1-13H,(H,29,30). The van der Waals surface area contributed by atoms with Crippen molar-refractivity contribution < 1.29 is 23.6 Å². The Morgan fingerprint density at radius 1 is 1.09 bits per heavy atom. The van der Waals surface area contributed by atoms with Gasteiger partial charge >= 0.3 is 11.9 Å². The summed E-state index contributed by atoms with van der Waals surface area (Å²) in [5.74, 6) is -2.01. The Morgan fingerprint density at radius 3 is 2.39 bits per heavy atom. The summed E-state index contributed by atoms with van der Waals surface area (Å²) < 4.78 is 19.9. The molecule has 0 aliphatic heterocycles. The number of aliphatic imine (C=N–C) groups is 1. The number of hydrogen-bond donors (Lipinski definition) is 1. The number of benzene rings is 2. The quantitative estimate of drug-likeness (QED) is 0.261. The second kappa shape index (κ2) is 8.71. The van der Waals surface area contributed by atoms with Crippen LogP contribution in [-0.2, 0) is 0 Å². The first-order valence-corrected chi connectivity index (χ1v) is 9.46. The zero-order chi connectivity index (χ0) is 23.5. The molecule has 0 aliphatic rings. The SMILES string of the molecule is O=C(O)c1cn(-c2ccc(F)cc2)c(-c2ccc(N=Cc3ccc([N+](=O)[O-])o3)cc2)cc1=O. The van der Waals surface area contributed by atoms with Gasteiger partial charge in [-0.2, -0.15) is 0 Å². The number of pyridine rings is 1. The fourth-order valence-electron chi connectivity index (χ4n) is 3.10. The van der Waals surface area contributed by atoms with Gasteiger partial charge in [0.1, 0.15) is 16.3 Å². The fraction of sp³-hybridized carbons (Fsp3) is 0. The number of aromatic nitrogens is 1. The van der Waals surface area contributed by atoms with Crippen LogP contribution in [0.2, 0.25) is 0 Å². The van der Waals surface area contributed by atoms with Crippen molar-refractivity contribution in [2.75, 3.05) is 0 Å². The average molecular weight is 447 g/mol. The molecule has 2 aromatic heterocycles. The summed E-state index contributed by atoms with van der Waals surface area (Å²) in [5, 5.41) is 20.0. The summed E-state index contributed by atoms with van der Waals surface area (Å²) in [6, 6.07) is 15.9. The van der Waals surface area contributed by atoms with Crippen LogP contribution in [0.3, 0.4) is 0 Å². The van der Waals surface area contributed by atoms with Crippen LogP contribution in [0.1, 0.15) is 16.1 Å². The minimum atomic E-state index is -1.37. The van der Waals surface area contributed by atoms with Crippen LogP contribution in [0, 0.1) is 15.9 Å². The highest BCUT2D eigenvalue weighted by molar-refractivity contribution is 5.88. The molecule has 2 heterocycles. The van der Waals surface area contributed by atoms with Gasteiger partial charge in [-0.05, 0) is 48.0 Å². The van der Waals surface area contributed by atoms with E-state index in [-0.39, 0.29) is 5.76 Å². The first-order chi connectivity index (χ1) is 15.8. The Bertz CT molecular complexity index is 1440. The second-order valence-electron chi connectivity index (χ2n) is 6.83. The molecule has 0 unspecified atom stereocenters. The van der Waals surface area contributed by atoms with E-state index in [0.29, 0.717) is 22.6 Å². The van der Waals surface area contributed by atoms with Crippen molar-refractivity contribution in [2.45, 2.75) is 0 Å². The highest BCUT2D eigenvalue weighted by Crippen LogP contribution is 2.25. The molecule has 164 valence electrons. The number of nitrogens with zero attached hydrogens (tertiary/aromatic N) is 3. The first-order valence-electron chi connectivity index (χ1n) is 9.46. The molecule has 0 fully saturated rings. The average Bonchev–Trinajstić information content (AvgIpc) is 3.28. The Hall–Kier alpha value is -4.86. The van der Waals surface area contributed by atoms with Gasteiger partial charge in [-0.1, -0.05) is 12.1 Å². The van der Waals surface area contributed by atoms with Crippen LogP contribution in [0.5, 0.6) is 0 Å². The van der Waals surface area contributed by atoms with Gasteiger partial charge in [0, 0.05) is 18.0 Å². The molecular formula is C23H14FN3O6. The zero-order valence-electron chi connectivity index (χ0n) is 16.7. The maximum Gasteiger partial charge on any atom is 0.433 e. The molecule has 0 atom stereocenters. The number of hydrogen-bond acceptors (Lipinski definition) is 6. The minimum Gasteiger partial charge on any atom is -0.477 e. The smallest absolute Gasteiger partial charge is 0.433 e. The number of carboxylic acid groups (broad SMARTS) is 1. The molecule has 9 nitrogen and oxygen atoms in total. The molecule has 1 N–H and O–H groups in total. The third-order valence-electron chi connectivity index (χ3n) is 4.68. The molecule has 2 aromatic carbocycles. The van der Waals surface area contributed by atoms with Crippen molar-refractivity contribution in [3.63, 3.8) is 0 Å². The molecule has 4 aromatic rings. The van der Waals surface area contributed by atoms with Crippen LogP contribution < -0.4 is 5.43 Å². The van der Waals surface area contributed by atoms with E-state index in [0.717, 1.165) is 0 Å². The maximum atomic E-state index is 13.4. The lowest BCUT2D eigenvalue weighted by Crippen LogP contribution is -2.18. The summed E-state index contributed by atoms with van der Waals surface area (Å²) in [4.78, 5) is 38.0. The molecule has 0 amide bonds. The van der Waals surface area contributed by atoms with E-state index >= 15 is 0 Å².